The zero-order valence-corrected chi connectivity index (χ0v) is 12.5. The van der Waals surface area contributed by atoms with Crippen molar-refractivity contribution in [2.24, 2.45) is 5.92 Å². The van der Waals surface area contributed by atoms with Crippen molar-refractivity contribution < 1.29 is 4.74 Å². The summed E-state index contributed by atoms with van der Waals surface area (Å²) in [5.41, 5.74) is -0.140. The molecule has 1 aliphatic rings. The van der Waals surface area contributed by atoms with Crippen LogP contribution in [0.15, 0.2) is 6.20 Å². The minimum atomic E-state index is -0.140. The lowest BCUT2D eigenvalue weighted by Gasteiger charge is -2.31. The Bertz CT molecular complexity index is 370. The minimum Gasteiger partial charge on any atom is -0.368 e. The molecule has 1 aromatic rings. The van der Waals surface area contributed by atoms with E-state index in [-0.39, 0.29) is 5.60 Å². The van der Waals surface area contributed by atoms with Crippen LogP contribution >= 0.6 is 11.3 Å². The summed E-state index contributed by atoms with van der Waals surface area (Å²) >= 11 is 1.79. The fourth-order valence-electron chi connectivity index (χ4n) is 2.22. The Morgan fingerprint density at radius 3 is 3.00 bits per heavy atom. The number of nitrogens with zero attached hydrogens (tertiary/aromatic N) is 1. The summed E-state index contributed by atoms with van der Waals surface area (Å²) < 4.78 is 5.94. The van der Waals surface area contributed by atoms with Crippen molar-refractivity contribution in [1.29, 1.82) is 0 Å². The molecule has 0 spiro atoms. The molecule has 102 valence electrons. The highest BCUT2D eigenvalue weighted by atomic mass is 32.1. The van der Waals surface area contributed by atoms with E-state index >= 15 is 0 Å². The molecule has 0 amide bonds. The molecule has 2 rings (SSSR count). The van der Waals surface area contributed by atoms with E-state index < -0.39 is 0 Å². The van der Waals surface area contributed by atoms with Crippen molar-refractivity contribution in [3.05, 3.63) is 16.1 Å². The van der Waals surface area contributed by atoms with E-state index in [0.717, 1.165) is 31.1 Å². The number of ether oxygens (including phenoxy) is 1. The Morgan fingerprint density at radius 1 is 1.50 bits per heavy atom. The van der Waals surface area contributed by atoms with Gasteiger partial charge in [0.2, 0.25) is 0 Å². The van der Waals surface area contributed by atoms with E-state index in [1.54, 1.807) is 11.3 Å². The summed E-state index contributed by atoms with van der Waals surface area (Å²) in [6, 6.07) is 0. The van der Waals surface area contributed by atoms with Gasteiger partial charge >= 0.3 is 0 Å². The lowest BCUT2D eigenvalue weighted by atomic mass is 9.97. The molecule has 0 aliphatic carbocycles. The molecule has 1 fully saturated rings. The van der Waals surface area contributed by atoms with Crippen molar-refractivity contribution in [1.82, 2.24) is 10.3 Å². The van der Waals surface area contributed by atoms with Crippen LogP contribution in [0.1, 0.15) is 49.9 Å². The SMILES string of the molecule is CC(C)CNCc1cnc(C2(C)CCCCO2)s1. The monoisotopic (exact) mass is 268 g/mol. The zero-order chi connectivity index (χ0) is 13.0. The Morgan fingerprint density at radius 2 is 2.33 bits per heavy atom. The van der Waals surface area contributed by atoms with E-state index in [1.807, 2.05) is 6.20 Å². The Hall–Kier alpha value is -0.450. The van der Waals surface area contributed by atoms with Crippen LogP contribution in [-0.2, 0) is 16.9 Å². The number of nitrogens with one attached hydrogen (secondary N) is 1. The lowest BCUT2D eigenvalue weighted by Crippen LogP contribution is -2.29. The number of thiazole rings is 1. The van der Waals surface area contributed by atoms with Gasteiger partial charge in [0.25, 0.3) is 0 Å². The number of hydrogen-bond acceptors (Lipinski definition) is 4. The van der Waals surface area contributed by atoms with Crippen LogP contribution in [0.2, 0.25) is 0 Å². The molecule has 0 aromatic carbocycles. The van der Waals surface area contributed by atoms with Gasteiger partial charge in [0.05, 0.1) is 0 Å². The van der Waals surface area contributed by atoms with Crippen molar-refractivity contribution in [2.45, 2.75) is 52.2 Å². The molecular weight excluding hydrogens is 244 g/mol. The summed E-state index contributed by atoms with van der Waals surface area (Å²) in [6.45, 7) is 9.48. The van der Waals surface area contributed by atoms with Gasteiger partial charge in [0.1, 0.15) is 10.6 Å². The highest BCUT2D eigenvalue weighted by molar-refractivity contribution is 7.11. The quantitative estimate of drug-likeness (QED) is 0.889. The first-order valence-corrected chi connectivity index (χ1v) is 7.72. The van der Waals surface area contributed by atoms with Crippen LogP contribution in [0, 0.1) is 5.92 Å². The number of rotatable bonds is 5. The second kappa shape index (κ2) is 6.13. The van der Waals surface area contributed by atoms with Gasteiger partial charge in [0, 0.05) is 24.2 Å². The highest BCUT2D eigenvalue weighted by Crippen LogP contribution is 2.36. The van der Waals surface area contributed by atoms with E-state index in [9.17, 15) is 0 Å². The van der Waals surface area contributed by atoms with Crippen molar-refractivity contribution in [2.75, 3.05) is 13.2 Å². The first-order chi connectivity index (χ1) is 8.60. The third-order valence-corrected chi connectivity index (χ3v) is 4.57. The van der Waals surface area contributed by atoms with E-state index in [0.29, 0.717) is 5.92 Å². The average Bonchev–Trinajstić information content (AvgIpc) is 2.79. The molecule has 1 aliphatic heterocycles. The van der Waals surface area contributed by atoms with Gasteiger partial charge in [-0.3, -0.25) is 0 Å². The summed E-state index contributed by atoms with van der Waals surface area (Å²) in [5.74, 6) is 0.691. The maximum Gasteiger partial charge on any atom is 0.125 e. The second-order valence-corrected chi connectivity index (χ2v) is 6.81. The van der Waals surface area contributed by atoms with Crippen LogP contribution in [-0.4, -0.2) is 18.1 Å². The normalized spacial score (nSPS) is 24.7. The highest BCUT2D eigenvalue weighted by Gasteiger charge is 2.32. The van der Waals surface area contributed by atoms with Gasteiger partial charge in [-0.1, -0.05) is 13.8 Å². The largest absolute Gasteiger partial charge is 0.368 e. The van der Waals surface area contributed by atoms with Crippen LogP contribution in [0.3, 0.4) is 0 Å². The summed E-state index contributed by atoms with van der Waals surface area (Å²) in [7, 11) is 0. The van der Waals surface area contributed by atoms with E-state index in [2.05, 4.69) is 31.1 Å². The first-order valence-electron chi connectivity index (χ1n) is 6.90. The molecule has 2 heterocycles. The van der Waals surface area contributed by atoms with Gasteiger partial charge in [-0.25, -0.2) is 4.98 Å². The topological polar surface area (TPSA) is 34.2 Å². The Kier molecular flexibility index (Phi) is 4.76. The Balaban J connectivity index is 1.92. The first kappa shape index (κ1) is 14.0. The smallest absolute Gasteiger partial charge is 0.125 e. The van der Waals surface area contributed by atoms with Crippen molar-refractivity contribution >= 4 is 11.3 Å². The lowest BCUT2D eigenvalue weighted by molar-refractivity contribution is -0.0702. The van der Waals surface area contributed by atoms with E-state index in [4.69, 9.17) is 4.74 Å². The standard InChI is InChI=1S/C14H24N2OS/c1-11(2)8-15-9-12-10-16-13(18-12)14(3)6-4-5-7-17-14/h10-11,15H,4-9H2,1-3H3. The molecule has 3 nitrogen and oxygen atoms in total. The van der Waals surface area contributed by atoms with Gasteiger partial charge in [-0.15, -0.1) is 11.3 Å². The third-order valence-electron chi connectivity index (χ3n) is 3.33. The molecule has 1 aromatic heterocycles. The fourth-order valence-corrected chi connectivity index (χ4v) is 3.23. The summed E-state index contributed by atoms with van der Waals surface area (Å²) in [4.78, 5) is 5.87. The molecule has 0 bridgehead atoms. The number of aromatic nitrogens is 1. The molecule has 1 saturated heterocycles. The maximum absolute atomic E-state index is 5.94. The molecule has 0 radical (unpaired) electrons. The average molecular weight is 268 g/mol. The van der Waals surface area contributed by atoms with E-state index in [1.165, 1.54) is 17.7 Å². The minimum absolute atomic E-state index is 0.140. The Labute approximate surface area is 114 Å². The summed E-state index contributed by atoms with van der Waals surface area (Å²) in [5, 5.41) is 4.60. The van der Waals surface area contributed by atoms with Crippen LogP contribution in [0.25, 0.3) is 0 Å². The van der Waals surface area contributed by atoms with Crippen LogP contribution in [0.5, 0.6) is 0 Å². The third kappa shape index (κ3) is 3.53. The molecule has 1 unspecified atom stereocenters. The molecular formula is C14H24N2OS. The van der Waals surface area contributed by atoms with Crippen molar-refractivity contribution in [3.63, 3.8) is 0 Å². The number of hydrogen-bond donors (Lipinski definition) is 1. The molecule has 1 atom stereocenters. The zero-order valence-electron chi connectivity index (χ0n) is 11.7. The van der Waals surface area contributed by atoms with Gasteiger partial charge in [0.15, 0.2) is 0 Å². The summed E-state index contributed by atoms with van der Waals surface area (Å²) in [6.07, 6.45) is 5.52. The van der Waals surface area contributed by atoms with Crippen molar-refractivity contribution in [3.8, 4) is 0 Å². The predicted molar refractivity (Wildman–Crippen MR) is 75.8 cm³/mol. The second-order valence-electron chi connectivity index (χ2n) is 5.69. The molecule has 1 N–H and O–H groups in total. The fraction of sp³-hybridized carbons (Fsp3) is 0.786. The van der Waals surface area contributed by atoms with Gasteiger partial charge in [-0.05, 0) is 38.6 Å². The maximum atomic E-state index is 5.94. The predicted octanol–water partition coefficient (Wildman–Crippen LogP) is 3.30. The molecule has 18 heavy (non-hydrogen) atoms. The van der Waals surface area contributed by atoms with Crippen LogP contribution < -0.4 is 5.32 Å². The van der Waals surface area contributed by atoms with Crippen LogP contribution in [0.4, 0.5) is 0 Å². The van der Waals surface area contributed by atoms with Gasteiger partial charge in [-0.2, -0.15) is 0 Å². The molecule has 4 heteroatoms. The van der Waals surface area contributed by atoms with Gasteiger partial charge < -0.3 is 10.1 Å². The molecule has 0 saturated carbocycles.